The zero-order chi connectivity index (χ0) is 95.2. The molecular weight excluding hydrogens is 1750 g/mol. The molecule has 4 atom stereocenters. The maximum absolute atomic E-state index is 13.4. The van der Waals surface area contributed by atoms with Crippen LogP contribution in [0.5, 0.6) is 23.0 Å². The van der Waals surface area contributed by atoms with E-state index in [-0.39, 0.29) is 84.9 Å². The largest absolute Gasteiger partial charge is 0.507 e. The molecule has 5 aliphatic rings. The van der Waals surface area contributed by atoms with Crippen molar-refractivity contribution >= 4 is 115 Å². The average molecular weight is 1840 g/mol. The Labute approximate surface area is 772 Å². The van der Waals surface area contributed by atoms with Crippen molar-refractivity contribution in [2.75, 3.05) is 90.8 Å². The molecule has 0 aliphatic carbocycles. The number of ketones is 4. The number of aryl methyl sites for hydroxylation is 5. The standard InChI is InChI=1S/C26H24N2O5.C25H21FN2O5S.C25H22N2O6S.C24H27N3O5/c1-16-6-8-18(9-7-16)24(29)22-23(20-13-19(32-2)10-11-21(20)33-3)28(26(31)25(22)30)15-17-5-4-12-27-14-17;1-4-33-24(32)22-14(3)27-25(34-22)28-19(15-7-5-13(2)6-8-15)18(21(30)23(28)31)20(29)16-9-11-17(26)12-10-16;1-4-33-24(31)22-14(2)26-25(34-22)27-19(15-10-12-17(32-3)13-11-15)18(21(29)23(27)30)20(28)16-8-6-5-7-9-16;1-16-14-18(31-2)5-6-19(16)22(28)20-21(17-4-3-7-25-15-17)27(24(30)23(20)29)9-8-26-10-12-32-13-11-26/h4-14,23,29H,15H2,1-3H3;5-12,19,29H,4H2,1-3H3;5-13,19,28H,4H2,1-3H3;3-7,14-15,21,28H,8-13H2,1-2H3. The topological polar surface area (TPSA) is 384 Å². The number of hydrogen-bond donors (Lipinski definition) is 4. The molecule has 5 fully saturated rings. The van der Waals surface area contributed by atoms with Crippen LogP contribution in [-0.4, -0.2) is 195 Å². The van der Waals surface area contributed by atoms with E-state index >= 15 is 0 Å². The van der Waals surface area contributed by atoms with Crippen molar-refractivity contribution in [3.8, 4) is 23.0 Å². The highest BCUT2D eigenvalue weighted by molar-refractivity contribution is 7.18. The van der Waals surface area contributed by atoms with Gasteiger partial charge in [-0.3, -0.25) is 63.0 Å². The first-order chi connectivity index (χ1) is 64.0. The molecular formula is C100H94FN9O21S2. The lowest BCUT2D eigenvalue weighted by atomic mass is 9.94. The number of amides is 4. The number of anilines is 2. The molecule has 11 aromatic rings. The summed E-state index contributed by atoms with van der Waals surface area (Å²) in [5.41, 5.74) is 7.99. The smallest absolute Gasteiger partial charge is 0.350 e. The lowest BCUT2D eigenvalue weighted by molar-refractivity contribution is -0.140. The second-order valence-corrected chi connectivity index (χ2v) is 32.8. The van der Waals surface area contributed by atoms with Crippen LogP contribution in [0.15, 0.2) is 235 Å². The van der Waals surface area contributed by atoms with Gasteiger partial charge in [0.2, 0.25) is 0 Å². The number of aliphatic hydroxyl groups is 4. The number of ether oxygens (including phenoxy) is 7. The van der Waals surface area contributed by atoms with E-state index in [2.05, 4.69) is 24.8 Å². The molecule has 4 unspecified atom stereocenters. The van der Waals surface area contributed by atoms with Crippen molar-refractivity contribution < 1.29 is 106 Å². The van der Waals surface area contributed by atoms with Gasteiger partial charge in [-0.15, -0.1) is 0 Å². The number of thiazole rings is 2. The fraction of sp³-hybridized carbons (Fsp3) is 0.240. The summed E-state index contributed by atoms with van der Waals surface area (Å²) in [6.45, 7) is 16.6. The third-order valence-electron chi connectivity index (χ3n) is 22.4. The fourth-order valence-electron chi connectivity index (χ4n) is 15.7. The molecule has 33 heteroatoms. The van der Waals surface area contributed by atoms with E-state index in [0.717, 1.165) is 70.1 Å². The molecule has 0 bridgehead atoms. The summed E-state index contributed by atoms with van der Waals surface area (Å²) >= 11 is 1.90. The summed E-state index contributed by atoms with van der Waals surface area (Å²) in [7, 11) is 6.14. The summed E-state index contributed by atoms with van der Waals surface area (Å²) < 4.78 is 50.4. The molecule has 7 aromatic carbocycles. The number of halogens is 1. The number of pyridine rings is 2. The first kappa shape index (κ1) is 95.4. The van der Waals surface area contributed by atoms with E-state index in [0.29, 0.717) is 99.6 Å². The summed E-state index contributed by atoms with van der Waals surface area (Å²) in [5.74, 6) is -6.77. The molecule has 4 N–H and O–H groups in total. The molecule has 684 valence electrons. The lowest BCUT2D eigenvalue weighted by Crippen LogP contribution is -2.42. The lowest BCUT2D eigenvalue weighted by Gasteiger charge is -2.30. The van der Waals surface area contributed by atoms with Crippen molar-refractivity contribution in [2.45, 2.75) is 79.2 Å². The number of rotatable bonds is 23. The Bertz CT molecular complexity index is 6380. The molecule has 0 spiro atoms. The number of carbonyl (C=O) groups excluding carboxylic acids is 10. The Balaban J connectivity index is 0.000000151. The van der Waals surface area contributed by atoms with Crippen molar-refractivity contribution in [1.29, 1.82) is 0 Å². The number of hydrogen-bond acceptors (Lipinski definition) is 28. The van der Waals surface area contributed by atoms with Gasteiger partial charge in [-0.2, -0.15) is 0 Å². The number of aromatic nitrogens is 4. The van der Waals surface area contributed by atoms with Crippen molar-refractivity contribution in [3.05, 3.63) is 329 Å². The van der Waals surface area contributed by atoms with Crippen LogP contribution in [0.3, 0.4) is 0 Å². The normalized spacial score (nSPS) is 18.2. The summed E-state index contributed by atoms with van der Waals surface area (Å²) in [6, 6.07) is 48.6. The third-order valence-corrected chi connectivity index (χ3v) is 24.7. The minimum atomic E-state index is -0.994. The Hall–Kier alpha value is -15.2. The van der Waals surface area contributed by atoms with Crippen LogP contribution in [0.4, 0.5) is 14.7 Å². The second kappa shape index (κ2) is 42.6. The number of esters is 2. The van der Waals surface area contributed by atoms with Crippen LogP contribution in [0.25, 0.3) is 23.0 Å². The number of morpholine rings is 1. The van der Waals surface area contributed by atoms with E-state index in [1.807, 2.05) is 57.2 Å². The number of nitrogens with zero attached hydrogens (tertiary/aromatic N) is 9. The average Bonchev–Trinajstić information content (AvgIpc) is 1.59. The van der Waals surface area contributed by atoms with E-state index in [1.165, 1.54) is 48.2 Å². The zero-order valence-electron chi connectivity index (χ0n) is 74.3. The van der Waals surface area contributed by atoms with Gasteiger partial charge < -0.3 is 63.4 Å². The van der Waals surface area contributed by atoms with Crippen LogP contribution in [-0.2, 0) is 59.1 Å². The van der Waals surface area contributed by atoms with Gasteiger partial charge in [0, 0.05) is 85.3 Å². The van der Waals surface area contributed by atoms with Gasteiger partial charge >= 0.3 is 23.8 Å². The van der Waals surface area contributed by atoms with E-state index in [9.17, 15) is 72.8 Å². The minimum Gasteiger partial charge on any atom is -0.507 e. The van der Waals surface area contributed by atoms with Crippen LogP contribution in [0.2, 0.25) is 0 Å². The van der Waals surface area contributed by atoms with Gasteiger partial charge in [-0.05, 0) is 161 Å². The molecule has 5 saturated heterocycles. The molecule has 30 nitrogen and oxygen atoms in total. The van der Waals surface area contributed by atoms with Gasteiger partial charge in [-0.25, -0.2) is 23.9 Å². The minimum absolute atomic E-state index is 0.000651. The Morgan fingerprint density at radius 3 is 1.39 bits per heavy atom. The van der Waals surface area contributed by atoms with Crippen LogP contribution >= 0.6 is 22.7 Å². The van der Waals surface area contributed by atoms with Crippen molar-refractivity contribution in [3.63, 3.8) is 0 Å². The SMILES string of the molecule is CCOC(=O)c1sc(N2C(=O)C(=O)C(=C(O)c3ccc(F)cc3)C2c2ccc(C)cc2)nc1C.CCOC(=O)c1sc(N2C(=O)C(=O)C(=C(O)c3ccccc3)C2c2ccc(OC)cc2)nc1C.COc1ccc(C(O)=C2C(=O)C(=O)N(CCN3CCOCC3)C2c2cccnc2)c(C)c1.COc1ccc(OC)c(C2C(=C(O)c3ccc(C)cc3)C(=O)C(=O)N2Cc2cccnc2)c1. The van der Waals surface area contributed by atoms with Crippen LogP contribution in [0, 0.1) is 40.4 Å². The molecule has 133 heavy (non-hydrogen) atoms. The molecule has 4 amide bonds. The maximum atomic E-state index is 13.4. The molecule has 4 aromatic heterocycles. The van der Waals surface area contributed by atoms with Gasteiger partial charge in [0.1, 0.15) is 61.6 Å². The predicted molar refractivity (Wildman–Crippen MR) is 493 cm³/mol. The summed E-state index contributed by atoms with van der Waals surface area (Å²) in [4.78, 5) is 155. The third kappa shape index (κ3) is 20.5. The highest BCUT2D eigenvalue weighted by Crippen LogP contribution is 2.49. The van der Waals surface area contributed by atoms with Gasteiger partial charge in [0.15, 0.2) is 10.3 Å². The molecule has 16 rings (SSSR count). The van der Waals surface area contributed by atoms with Gasteiger partial charge in [0.05, 0.1) is 113 Å². The molecule has 9 heterocycles. The monoisotopic (exact) mass is 1840 g/mol. The predicted octanol–water partition coefficient (Wildman–Crippen LogP) is 15.1. The maximum Gasteiger partial charge on any atom is 0.350 e. The Kier molecular flexibility index (Phi) is 30.5. The molecule has 5 aliphatic heterocycles. The van der Waals surface area contributed by atoms with Crippen molar-refractivity contribution in [2.24, 2.45) is 0 Å². The Morgan fingerprint density at radius 2 is 0.902 bits per heavy atom. The van der Waals surface area contributed by atoms with Crippen LogP contribution < -0.4 is 28.7 Å². The fourth-order valence-corrected chi connectivity index (χ4v) is 17.7. The molecule has 0 radical (unpaired) electrons. The van der Waals surface area contributed by atoms with Crippen molar-refractivity contribution in [1.82, 2.24) is 34.6 Å². The first-order valence-electron chi connectivity index (χ1n) is 42.1. The summed E-state index contributed by atoms with van der Waals surface area (Å²) in [6.07, 6.45) is 6.54. The summed E-state index contributed by atoms with van der Waals surface area (Å²) in [5, 5.41) is 44.8. The van der Waals surface area contributed by atoms with Crippen LogP contribution in [0.1, 0.15) is 136 Å². The number of aliphatic hydroxyl groups excluding tert-OH is 4. The van der Waals surface area contributed by atoms with E-state index in [1.54, 1.807) is 192 Å². The Morgan fingerprint density at radius 1 is 0.451 bits per heavy atom. The second-order valence-electron chi connectivity index (χ2n) is 30.8. The van der Waals surface area contributed by atoms with Gasteiger partial charge in [-0.1, -0.05) is 137 Å². The van der Waals surface area contributed by atoms with E-state index in [4.69, 9.17) is 33.2 Å². The zero-order valence-corrected chi connectivity index (χ0v) is 76.0. The number of methoxy groups -OCH3 is 4. The highest BCUT2D eigenvalue weighted by Gasteiger charge is 2.52. The number of carbonyl (C=O) groups is 10. The number of benzene rings is 7. The van der Waals surface area contributed by atoms with Gasteiger partial charge in [0.25, 0.3) is 34.9 Å². The first-order valence-corrected chi connectivity index (χ1v) is 43.7. The highest BCUT2D eigenvalue weighted by atomic mass is 32.1. The van der Waals surface area contributed by atoms with E-state index < -0.39 is 94.4 Å². The molecule has 0 saturated carbocycles. The number of Topliss-reactive ketones (excluding diaryl/α,β-unsaturated/α-hetero) is 4. The number of likely N-dealkylation sites (tertiary alicyclic amines) is 2. The quantitative estimate of drug-likeness (QED) is 0.0200.